The Balaban J connectivity index is 1.15. The Kier molecular flexibility index (Phi) is 10.5. The van der Waals surface area contributed by atoms with Crippen LogP contribution in [-0.2, 0) is 5.41 Å². The highest BCUT2D eigenvalue weighted by Crippen LogP contribution is 2.42. The number of phenolic OH excluding ortho intramolecular Hbond substituents is 1. The molecule has 10 rings (SSSR count). The molecule has 10 aromatic rings. The maximum Gasteiger partial charge on any atom is 0.149 e. The molecule has 0 fully saturated rings. The van der Waals surface area contributed by atoms with Crippen LogP contribution >= 0.6 is 0 Å². The molecule has 0 spiro atoms. The molecule has 0 unspecified atom stereocenters. The molecular weight excluding hydrogens is 791 g/mol. The third kappa shape index (κ3) is 8.04. The van der Waals surface area contributed by atoms with Crippen LogP contribution in [0.4, 0.5) is 0 Å². The van der Waals surface area contributed by atoms with Crippen molar-refractivity contribution in [2.45, 2.75) is 45.9 Å². The van der Waals surface area contributed by atoms with Gasteiger partial charge in [-0.15, -0.1) is 0 Å². The summed E-state index contributed by atoms with van der Waals surface area (Å²) < 4.78 is 11.6. The van der Waals surface area contributed by atoms with Gasteiger partial charge in [0.1, 0.15) is 11.6 Å². The van der Waals surface area contributed by atoms with Crippen LogP contribution in [0.2, 0.25) is 0 Å². The molecule has 0 saturated heterocycles. The first-order valence-corrected chi connectivity index (χ1v) is 22.3. The zero-order valence-corrected chi connectivity index (χ0v) is 37.4. The molecule has 0 aliphatic carbocycles. The fourth-order valence-electron chi connectivity index (χ4n) is 9.11. The maximum atomic E-state index is 11.4. The summed E-state index contributed by atoms with van der Waals surface area (Å²) in [6, 6.07) is 69.2. The molecule has 316 valence electrons. The first-order chi connectivity index (χ1) is 31.9. The first kappa shape index (κ1) is 40.0. The Morgan fingerprint density at radius 3 is 1.77 bits per heavy atom. The second-order valence-corrected chi connectivity index (χ2v) is 18.0. The van der Waals surface area contributed by atoms with Gasteiger partial charge >= 0.3 is 0 Å². The van der Waals surface area contributed by atoms with E-state index in [9.17, 15) is 6.48 Å². The zero-order valence-electron chi connectivity index (χ0n) is 38.4. The van der Waals surface area contributed by atoms with E-state index in [4.69, 9.17) is 9.97 Å². The summed E-state index contributed by atoms with van der Waals surface area (Å²) in [5.41, 5.74) is 17.9. The number of hydrogen-bond acceptors (Lipinski definition) is 3. The largest absolute Gasteiger partial charge is 0.507 e. The number of rotatable bonds is 9. The molecule has 4 heteroatoms. The highest BCUT2D eigenvalue weighted by atomic mass is 16.3. The van der Waals surface area contributed by atoms with Crippen molar-refractivity contribution in [3.63, 3.8) is 0 Å². The van der Waals surface area contributed by atoms with E-state index in [2.05, 4.69) is 189 Å². The third-order valence-corrected chi connectivity index (χ3v) is 12.4. The monoisotopic (exact) mass is 842 g/mol. The summed E-state index contributed by atoms with van der Waals surface area (Å²) in [7, 11) is 0. The van der Waals surface area contributed by atoms with Crippen LogP contribution in [0.5, 0.6) is 5.75 Å². The second kappa shape index (κ2) is 17.0. The van der Waals surface area contributed by atoms with Crippen molar-refractivity contribution in [3.05, 3.63) is 218 Å². The summed E-state index contributed by atoms with van der Waals surface area (Å²) in [5, 5.41) is 11.4. The van der Waals surface area contributed by atoms with Gasteiger partial charge in [0.05, 0.1) is 22.3 Å². The number of aromatic hydroxyl groups is 1. The summed E-state index contributed by atoms with van der Waals surface area (Å²) in [5.74, 6) is -0.182. The summed E-state index contributed by atoms with van der Waals surface area (Å²) >= 11 is 0. The van der Waals surface area contributed by atoms with Gasteiger partial charge in [0, 0.05) is 24.4 Å². The van der Waals surface area contributed by atoms with Gasteiger partial charge in [-0.2, -0.15) is 0 Å². The second-order valence-electron chi connectivity index (χ2n) is 18.0. The standard InChI is InChI=1S/C61H51N3O/c1-40(2)54-39-49(31-32-51(54)52-21-12-14-24-55(52)61(3,4)5)64-57-25-16-23-50(59(57)63-60(64)53-22-13-15-26-58(53)65)47-35-46(42-19-10-7-11-20-42)36-48(37-47)56-38-45(33-34-62-56)44-29-27-43(28-30-44)41-17-8-6-9-18-41/h6-40,65H,1-5H3/i40D. The summed E-state index contributed by atoms with van der Waals surface area (Å²) in [4.78, 5) is 10.4. The van der Waals surface area contributed by atoms with Crippen molar-refractivity contribution in [2.75, 3.05) is 0 Å². The molecule has 0 aliphatic rings. The van der Waals surface area contributed by atoms with E-state index >= 15 is 0 Å². The number of pyridine rings is 1. The number of benzene rings is 8. The Morgan fingerprint density at radius 1 is 0.492 bits per heavy atom. The lowest BCUT2D eigenvalue weighted by molar-refractivity contribution is 0.477. The van der Waals surface area contributed by atoms with Crippen LogP contribution in [0.3, 0.4) is 0 Å². The van der Waals surface area contributed by atoms with E-state index in [0.29, 0.717) is 11.4 Å². The number of aromatic nitrogens is 3. The SMILES string of the molecule is [2H]C(C)(C)c1cc(-n2c(-c3ccccc3O)nc3c(-c4cc(-c5ccccc5)cc(-c5cc(-c6ccc(-c7ccccc7)cc6)ccn5)c4)cccc32)ccc1-c1ccccc1C(C)(C)C. The molecule has 0 bridgehead atoms. The van der Waals surface area contributed by atoms with E-state index in [1.54, 1.807) is 6.07 Å². The summed E-state index contributed by atoms with van der Waals surface area (Å²) in [6.07, 6.45) is 1.89. The lowest BCUT2D eigenvalue weighted by Crippen LogP contribution is -2.13. The third-order valence-electron chi connectivity index (χ3n) is 12.4. The summed E-state index contributed by atoms with van der Waals surface area (Å²) in [6.45, 7) is 10.6. The zero-order chi connectivity index (χ0) is 45.6. The lowest BCUT2D eigenvalue weighted by Gasteiger charge is -2.25. The van der Waals surface area contributed by atoms with Gasteiger partial charge in [-0.25, -0.2) is 4.98 Å². The number of hydrogen-bond donors (Lipinski definition) is 1. The van der Waals surface area contributed by atoms with Crippen molar-refractivity contribution in [2.24, 2.45) is 0 Å². The van der Waals surface area contributed by atoms with Crippen LogP contribution in [0, 0.1) is 0 Å². The topological polar surface area (TPSA) is 50.9 Å². The first-order valence-electron chi connectivity index (χ1n) is 22.8. The Labute approximate surface area is 383 Å². The Hall–Kier alpha value is -7.82. The lowest BCUT2D eigenvalue weighted by atomic mass is 9.80. The van der Waals surface area contributed by atoms with Crippen molar-refractivity contribution >= 4 is 11.0 Å². The normalized spacial score (nSPS) is 12.0. The van der Waals surface area contributed by atoms with Gasteiger partial charge in [0.15, 0.2) is 0 Å². The molecular formula is C61H51N3O. The highest BCUT2D eigenvalue weighted by molar-refractivity contribution is 5.98. The predicted octanol–water partition coefficient (Wildman–Crippen LogP) is 16.2. The van der Waals surface area contributed by atoms with Crippen LogP contribution in [0.25, 0.3) is 95.0 Å². The van der Waals surface area contributed by atoms with Crippen LogP contribution in [-0.4, -0.2) is 19.6 Å². The molecule has 0 saturated carbocycles. The molecule has 0 amide bonds. The fraction of sp³-hybridized carbons (Fsp3) is 0.115. The van der Waals surface area contributed by atoms with Gasteiger partial charge < -0.3 is 5.11 Å². The molecule has 2 aromatic heterocycles. The van der Waals surface area contributed by atoms with Crippen LogP contribution < -0.4 is 0 Å². The quantitative estimate of drug-likeness (QED) is 0.157. The molecule has 1 N–H and O–H groups in total. The maximum absolute atomic E-state index is 11.4. The van der Waals surface area contributed by atoms with Gasteiger partial charge in [0.2, 0.25) is 0 Å². The van der Waals surface area contributed by atoms with E-state index < -0.39 is 5.89 Å². The average molecular weight is 843 g/mol. The molecule has 0 atom stereocenters. The van der Waals surface area contributed by atoms with E-state index in [0.717, 1.165) is 78.0 Å². The molecule has 0 aliphatic heterocycles. The van der Waals surface area contributed by atoms with Crippen molar-refractivity contribution in [3.8, 4) is 89.7 Å². The Morgan fingerprint density at radius 2 is 1.08 bits per heavy atom. The molecule has 4 nitrogen and oxygen atoms in total. The van der Waals surface area contributed by atoms with E-state index in [-0.39, 0.29) is 11.2 Å². The minimum absolute atomic E-state index is 0.0979. The van der Waals surface area contributed by atoms with Gasteiger partial charge in [-0.05, 0) is 133 Å². The minimum Gasteiger partial charge on any atom is -0.507 e. The fourth-order valence-corrected chi connectivity index (χ4v) is 9.11. The van der Waals surface area contributed by atoms with Crippen molar-refractivity contribution in [1.82, 2.24) is 14.5 Å². The molecule has 8 aromatic carbocycles. The van der Waals surface area contributed by atoms with Crippen molar-refractivity contribution in [1.29, 1.82) is 0 Å². The Bertz CT molecular complexity index is 3380. The van der Waals surface area contributed by atoms with Gasteiger partial charge in [0.25, 0.3) is 0 Å². The van der Waals surface area contributed by atoms with Crippen LogP contribution in [0.15, 0.2) is 206 Å². The average Bonchev–Trinajstić information content (AvgIpc) is 3.73. The molecule has 2 heterocycles. The van der Waals surface area contributed by atoms with E-state index in [1.807, 2.05) is 50.4 Å². The predicted molar refractivity (Wildman–Crippen MR) is 271 cm³/mol. The van der Waals surface area contributed by atoms with Crippen molar-refractivity contribution < 1.29 is 6.48 Å². The number of imidazole rings is 1. The van der Waals surface area contributed by atoms with Gasteiger partial charge in [-0.1, -0.05) is 174 Å². The smallest absolute Gasteiger partial charge is 0.149 e. The minimum atomic E-state index is -0.932. The highest BCUT2D eigenvalue weighted by Gasteiger charge is 2.24. The van der Waals surface area contributed by atoms with Gasteiger partial charge in [-0.3, -0.25) is 9.55 Å². The van der Waals surface area contributed by atoms with E-state index in [1.165, 1.54) is 16.7 Å². The number of fused-ring (bicyclic) bond motifs is 1. The molecule has 0 radical (unpaired) electrons. The number of para-hydroxylation sites is 2. The van der Waals surface area contributed by atoms with Crippen LogP contribution in [0.1, 0.15) is 53.0 Å². The number of nitrogens with zero attached hydrogens (tertiary/aromatic N) is 3. The number of phenols is 1. The molecule has 65 heavy (non-hydrogen) atoms.